The minimum absolute atomic E-state index is 0.172. The van der Waals surface area contributed by atoms with Crippen LogP contribution in [0.15, 0.2) is 42.7 Å². The Hall–Kier alpha value is -2.23. The lowest BCUT2D eigenvalue weighted by molar-refractivity contribution is 0.102. The Morgan fingerprint density at radius 1 is 1.05 bits per heavy atom. The van der Waals surface area contributed by atoms with Gasteiger partial charge in [0.15, 0.2) is 0 Å². The molecule has 0 saturated heterocycles. The van der Waals surface area contributed by atoms with E-state index in [1.165, 1.54) is 31.2 Å². The van der Waals surface area contributed by atoms with E-state index in [0.29, 0.717) is 17.4 Å². The van der Waals surface area contributed by atoms with Gasteiger partial charge in [0.25, 0.3) is 5.91 Å². The van der Waals surface area contributed by atoms with Gasteiger partial charge in [-0.1, -0.05) is 25.0 Å². The lowest BCUT2D eigenvalue weighted by atomic mass is 9.96. The molecular weight excluding hydrogens is 250 g/mol. The average molecular weight is 267 g/mol. The van der Waals surface area contributed by atoms with Gasteiger partial charge in [0.05, 0.1) is 0 Å². The Morgan fingerprint density at radius 3 is 2.35 bits per heavy atom. The molecule has 0 aliphatic heterocycles. The molecule has 1 aromatic carbocycles. The maximum Gasteiger partial charge on any atom is 0.258 e. The number of carbonyl (C=O) groups is 1. The quantitative estimate of drug-likeness (QED) is 0.927. The van der Waals surface area contributed by atoms with Crippen molar-refractivity contribution in [2.45, 2.75) is 31.6 Å². The highest BCUT2D eigenvalue weighted by Crippen LogP contribution is 2.33. The third-order valence-electron chi connectivity index (χ3n) is 3.79. The monoisotopic (exact) mass is 267 g/mol. The summed E-state index contributed by atoms with van der Waals surface area (Å²) in [5, 5.41) is 2.69. The predicted molar refractivity (Wildman–Crippen MR) is 77.6 cm³/mol. The molecule has 3 rings (SSSR count). The van der Waals surface area contributed by atoms with Crippen molar-refractivity contribution in [1.82, 2.24) is 9.97 Å². The second kappa shape index (κ2) is 5.82. The van der Waals surface area contributed by atoms with Crippen LogP contribution in [0.2, 0.25) is 0 Å². The summed E-state index contributed by atoms with van der Waals surface area (Å²) < 4.78 is 0. The number of hydrogen-bond acceptors (Lipinski definition) is 3. The van der Waals surface area contributed by atoms with Gasteiger partial charge in [0.2, 0.25) is 5.95 Å². The van der Waals surface area contributed by atoms with Gasteiger partial charge in [-0.05, 0) is 42.5 Å². The number of anilines is 1. The van der Waals surface area contributed by atoms with Gasteiger partial charge in [0, 0.05) is 18.0 Å². The SMILES string of the molecule is O=C(Nc1ncccn1)c1ccc(C2CCCC2)cc1. The molecule has 1 aliphatic rings. The zero-order chi connectivity index (χ0) is 13.8. The van der Waals surface area contributed by atoms with E-state index in [9.17, 15) is 4.79 Å². The fraction of sp³-hybridized carbons (Fsp3) is 0.312. The first-order valence-electron chi connectivity index (χ1n) is 7.01. The number of rotatable bonds is 3. The molecule has 102 valence electrons. The molecule has 4 nitrogen and oxygen atoms in total. The van der Waals surface area contributed by atoms with Crippen molar-refractivity contribution in [2.75, 3.05) is 5.32 Å². The molecule has 0 atom stereocenters. The van der Waals surface area contributed by atoms with Gasteiger partial charge in [-0.2, -0.15) is 0 Å². The minimum Gasteiger partial charge on any atom is -0.290 e. The molecule has 0 unspecified atom stereocenters. The van der Waals surface area contributed by atoms with Gasteiger partial charge >= 0.3 is 0 Å². The molecule has 1 amide bonds. The molecule has 0 radical (unpaired) electrons. The van der Waals surface area contributed by atoms with E-state index in [1.54, 1.807) is 18.5 Å². The summed E-state index contributed by atoms with van der Waals surface area (Å²) in [4.78, 5) is 20.0. The molecule has 20 heavy (non-hydrogen) atoms. The minimum atomic E-state index is -0.172. The first-order valence-corrected chi connectivity index (χ1v) is 7.01. The zero-order valence-corrected chi connectivity index (χ0v) is 11.2. The molecule has 1 N–H and O–H groups in total. The lowest BCUT2D eigenvalue weighted by Gasteiger charge is -2.10. The number of benzene rings is 1. The summed E-state index contributed by atoms with van der Waals surface area (Å²) >= 11 is 0. The Kier molecular flexibility index (Phi) is 3.72. The summed E-state index contributed by atoms with van der Waals surface area (Å²) in [6, 6.07) is 9.61. The van der Waals surface area contributed by atoms with Gasteiger partial charge in [-0.15, -0.1) is 0 Å². The van der Waals surface area contributed by atoms with Crippen molar-refractivity contribution in [1.29, 1.82) is 0 Å². The second-order valence-corrected chi connectivity index (χ2v) is 5.13. The van der Waals surface area contributed by atoms with Crippen molar-refractivity contribution >= 4 is 11.9 Å². The van der Waals surface area contributed by atoms with E-state index in [-0.39, 0.29) is 5.91 Å². The number of aromatic nitrogens is 2. The molecule has 1 aliphatic carbocycles. The molecule has 0 spiro atoms. The van der Waals surface area contributed by atoms with Crippen molar-refractivity contribution in [2.24, 2.45) is 0 Å². The van der Waals surface area contributed by atoms with Crippen LogP contribution in [0, 0.1) is 0 Å². The summed E-state index contributed by atoms with van der Waals surface area (Å²) in [7, 11) is 0. The summed E-state index contributed by atoms with van der Waals surface area (Å²) in [5.74, 6) is 0.830. The van der Waals surface area contributed by atoms with Crippen LogP contribution in [-0.4, -0.2) is 15.9 Å². The number of amides is 1. The van der Waals surface area contributed by atoms with Crippen LogP contribution >= 0.6 is 0 Å². The maximum atomic E-state index is 12.1. The highest BCUT2D eigenvalue weighted by atomic mass is 16.1. The highest BCUT2D eigenvalue weighted by Gasteiger charge is 2.17. The van der Waals surface area contributed by atoms with Crippen molar-refractivity contribution in [3.8, 4) is 0 Å². The third kappa shape index (κ3) is 2.85. The Balaban J connectivity index is 1.69. The van der Waals surface area contributed by atoms with Gasteiger partial charge < -0.3 is 0 Å². The van der Waals surface area contributed by atoms with Crippen molar-refractivity contribution in [3.63, 3.8) is 0 Å². The van der Waals surface area contributed by atoms with Crippen LogP contribution in [0.5, 0.6) is 0 Å². The van der Waals surface area contributed by atoms with Crippen LogP contribution < -0.4 is 5.32 Å². The van der Waals surface area contributed by atoms with Crippen LogP contribution in [-0.2, 0) is 0 Å². The molecule has 0 bridgehead atoms. The lowest BCUT2D eigenvalue weighted by Crippen LogP contribution is -2.13. The summed E-state index contributed by atoms with van der Waals surface area (Å²) in [6.45, 7) is 0. The molecule has 1 fully saturated rings. The van der Waals surface area contributed by atoms with E-state index >= 15 is 0 Å². The van der Waals surface area contributed by atoms with E-state index in [1.807, 2.05) is 12.1 Å². The van der Waals surface area contributed by atoms with Crippen LogP contribution in [0.25, 0.3) is 0 Å². The van der Waals surface area contributed by atoms with E-state index < -0.39 is 0 Å². The van der Waals surface area contributed by atoms with Crippen LogP contribution in [0.4, 0.5) is 5.95 Å². The fourth-order valence-corrected chi connectivity index (χ4v) is 2.70. The molecule has 2 aromatic rings. The largest absolute Gasteiger partial charge is 0.290 e. The van der Waals surface area contributed by atoms with E-state index in [0.717, 1.165) is 0 Å². The molecular formula is C16H17N3O. The molecule has 1 saturated carbocycles. The summed E-state index contributed by atoms with van der Waals surface area (Å²) in [5.41, 5.74) is 1.98. The van der Waals surface area contributed by atoms with E-state index in [4.69, 9.17) is 0 Å². The Labute approximate surface area is 118 Å². The fourth-order valence-electron chi connectivity index (χ4n) is 2.70. The topological polar surface area (TPSA) is 54.9 Å². The van der Waals surface area contributed by atoms with Gasteiger partial charge in [-0.3, -0.25) is 10.1 Å². The standard InChI is InChI=1S/C16H17N3O/c20-15(19-16-17-10-3-11-18-16)14-8-6-13(7-9-14)12-4-1-2-5-12/h3,6-12H,1-2,4-5H2,(H,17,18,19,20). The third-order valence-corrected chi connectivity index (χ3v) is 3.79. The normalized spacial score (nSPS) is 15.2. The number of carbonyl (C=O) groups excluding carboxylic acids is 1. The Bertz CT molecular complexity index is 574. The first-order chi connectivity index (χ1) is 9.83. The van der Waals surface area contributed by atoms with E-state index in [2.05, 4.69) is 27.4 Å². The molecule has 4 heteroatoms. The smallest absolute Gasteiger partial charge is 0.258 e. The maximum absolute atomic E-state index is 12.1. The second-order valence-electron chi connectivity index (χ2n) is 5.13. The van der Waals surface area contributed by atoms with Crippen molar-refractivity contribution < 1.29 is 4.79 Å². The molecule has 1 aromatic heterocycles. The highest BCUT2D eigenvalue weighted by molar-refractivity contribution is 6.03. The van der Waals surface area contributed by atoms with Gasteiger partial charge in [-0.25, -0.2) is 9.97 Å². The first kappa shape index (κ1) is 12.8. The predicted octanol–water partition coefficient (Wildman–Crippen LogP) is 3.39. The number of hydrogen-bond donors (Lipinski definition) is 1. The Morgan fingerprint density at radius 2 is 1.70 bits per heavy atom. The average Bonchev–Trinajstić information content (AvgIpc) is 3.03. The van der Waals surface area contributed by atoms with Crippen LogP contribution in [0.1, 0.15) is 47.5 Å². The summed E-state index contributed by atoms with van der Waals surface area (Å²) in [6.07, 6.45) is 8.38. The van der Waals surface area contributed by atoms with Crippen LogP contribution in [0.3, 0.4) is 0 Å². The van der Waals surface area contributed by atoms with Gasteiger partial charge in [0.1, 0.15) is 0 Å². The zero-order valence-electron chi connectivity index (χ0n) is 11.2. The molecule has 1 heterocycles. The van der Waals surface area contributed by atoms with Crippen molar-refractivity contribution in [3.05, 3.63) is 53.9 Å². The number of nitrogens with one attached hydrogen (secondary N) is 1. The number of nitrogens with zero attached hydrogens (tertiary/aromatic N) is 2.